The SMILES string of the molecule is COCCCNC(=O)NC(C)CCCC(C)C(=O)O. The molecule has 0 aliphatic carbocycles. The molecular weight excluding hydrogens is 248 g/mol. The fraction of sp³-hybridized carbons (Fsp3) is 0.846. The Hall–Kier alpha value is -1.30. The number of ether oxygens (including phenoxy) is 1. The molecule has 0 aliphatic heterocycles. The van der Waals surface area contributed by atoms with Crippen molar-refractivity contribution in [1.82, 2.24) is 10.6 Å². The Labute approximate surface area is 114 Å². The predicted molar refractivity (Wildman–Crippen MR) is 73.1 cm³/mol. The van der Waals surface area contributed by atoms with Crippen LogP contribution in [-0.2, 0) is 9.53 Å². The predicted octanol–water partition coefficient (Wildman–Crippen LogP) is 1.60. The van der Waals surface area contributed by atoms with Gasteiger partial charge in [-0.2, -0.15) is 0 Å². The molecule has 2 unspecified atom stereocenters. The summed E-state index contributed by atoms with van der Waals surface area (Å²) in [5, 5.41) is 14.3. The van der Waals surface area contributed by atoms with Gasteiger partial charge in [0.05, 0.1) is 5.92 Å². The monoisotopic (exact) mass is 274 g/mol. The third-order valence-electron chi connectivity index (χ3n) is 2.88. The Morgan fingerprint density at radius 1 is 1.21 bits per heavy atom. The Bertz CT molecular complexity index is 271. The van der Waals surface area contributed by atoms with Gasteiger partial charge >= 0.3 is 12.0 Å². The molecule has 2 amide bonds. The van der Waals surface area contributed by atoms with Crippen molar-refractivity contribution in [2.24, 2.45) is 5.92 Å². The number of urea groups is 1. The van der Waals surface area contributed by atoms with Crippen LogP contribution in [0.3, 0.4) is 0 Å². The Morgan fingerprint density at radius 2 is 1.89 bits per heavy atom. The highest BCUT2D eigenvalue weighted by molar-refractivity contribution is 5.74. The van der Waals surface area contributed by atoms with Crippen molar-refractivity contribution in [3.63, 3.8) is 0 Å². The molecule has 0 saturated heterocycles. The van der Waals surface area contributed by atoms with Gasteiger partial charge in [-0.15, -0.1) is 0 Å². The van der Waals surface area contributed by atoms with Crippen molar-refractivity contribution in [2.75, 3.05) is 20.3 Å². The molecule has 112 valence electrons. The molecule has 0 spiro atoms. The van der Waals surface area contributed by atoms with Crippen molar-refractivity contribution < 1.29 is 19.4 Å². The lowest BCUT2D eigenvalue weighted by Gasteiger charge is -2.15. The summed E-state index contributed by atoms with van der Waals surface area (Å²) in [6.07, 6.45) is 2.99. The van der Waals surface area contributed by atoms with E-state index in [1.807, 2.05) is 6.92 Å². The average Bonchev–Trinajstić information content (AvgIpc) is 2.34. The molecule has 0 fully saturated rings. The molecule has 0 saturated carbocycles. The number of hydrogen-bond acceptors (Lipinski definition) is 3. The molecule has 2 atom stereocenters. The summed E-state index contributed by atoms with van der Waals surface area (Å²) in [4.78, 5) is 22.1. The third-order valence-corrected chi connectivity index (χ3v) is 2.88. The van der Waals surface area contributed by atoms with Crippen molar-refractivity contribution in [1.29, 1.82) is 0 Å². The molecule has 0 rings (SSSR count). The summed E-state index contributed by atoms with van der Waals surface area (Å²) in [6, 6.07) is -0.140. The lowest BCUT2D eigenvalue weighted by atomic mass is 10.0. The summed E-state index contributed by atoms with van der Waals surface area (Å²) in [6.45, 7) is 4.83. The van der Waals surface area contributed by atoms with Gasteiger partial charge in [0.1, 0.15) is 0 Å². The van der Waals surface area contributed by atoms with Crippen LogP contribution in [0.15, 0.2) is 0 Å². The average molecular weight is 274 g/mol. The molecule has 6 nitrogen and oxygen atoms in total. The van der Waals surface area contributed by atoms with Crippen LogP contribution in [0.25, 0.3) is 0 Å². The topological polar surface area (TPSA) is 87.7 Å². The second-order valence-corrected chi connectivity index (χ2v) is 4.82. The molecule has 0 heterocycles. The highest BCUT2D eigenvalue weighted by Gasteiger charge is 2.12. The minimum absolute atomic E-state index is 0.0448. The smallest absolute Gasteiger partial charge is 0.314 e. The highest BCUT2D eigenvalue weighted by atomic mass is 16.5. The number of carboxylic acid groups (broad SMARTS) is 1. The van der Waals surface area contributed by atoms with Crippen LogP contribution in [-0.4, -0.2) is 43.4 Å². The minimum Gasteiger partial charge on any atom is -0.481 e. The maximum Gasteiger partial charge on any atom is 0.314 e. The maximum absolute atomic E-state index is 11.5. The summed E-state index contributed by atoms with van der Waals surface area (Å²) in [5.41, 5.74) is 0. The van der Waals surface area contributed by atoms with E-state index in [-0.39, 0.29) is 18.0 Å². The van der Waals surface area contributed by atoms with Crippen molar-refractivity contribution >= 4 is 12.0 Å². The Kier molecular flexibility index (Phi) is 9.88. The van der Waals surface area contributed by atoms with Gasteiger partial charge in [0.2, 0.25) is 0 Å². The van der Waals surface area contributed by atoms with Crippen LogP contribution in [0.5, 0.6) is 0 Å². The number of rotatable bonds is 10. The van der Waals surface area contributed by atoms with Crippen molar-refractivity contribution in [3.05, 3.63) is 0 Å². The zero-order valence-electron chi connectivity index (χ0n) is 12.1. The zero-order valence-corrected chi connectivity index (χ0v) is 12.1. The second-order valence-electron chi connectivity index (χ2n) is 4.82. The van der Waals surface area contributed by atoms with Gasteiger partial charge in [0.15, 0.2) is 0 Å². The van der Waals surface area contributed by atoms with Gasteiger partial charge < -0.3 is 20.5 Å². The molecule has 3 N–H and O–H groups in total. The first-order valence-electron chi connectivity index (χ1n) is 6.73. The number of carbonyl (C=O) groups excluding carboxylic acids is 1. The first kappa shape index (κ1) is 17.7. The number of carboxylic acids is 1. The number of aliphatic carboxylic acids is 1. The van der Waals surface area contributed by atoms with E-state index in [9.17, 15) is 9.59 Å². The van der Waals surface area contributed by atoms with Crippen molar-refractivity contribution in [3.8, 4) is 0 Å². The van der Waals surface area contributed by atoms with E-state index in [4.69, 9.17) is 9.84 Å². The maximum atomic E-state index is 11.5. The summed E-state index contributed by atoms with van der Waals surface area (Å²) in [5.74, 6) is -1.09. The summed E-state index contributed by atoms with van der Waals surface area (Å²) in [7, 11) is 1.63. The number of hydrogen-bond donors (Lipinski definition) is 3. The number of nitrogens with one attached hydrogen (secondary N) is 2. The zero-order chi connectivity index (χ0) is 14.7. The van der Waals surface area contributed by atoms with Gasteiger partial charge in [-0.1, -0.05) is 13.3 Å². The van der Waals surface area contributed by atoms with Crippen LogP contribution >= 0.6 is 0 Å². The molecule has 6 heteroatoms. The largest absolute Gasteiger partial charge is 0.481 e. The summed E-state index contributed by atoms with van der Waals surface area (Å²) < 4.78 is 4.88. The van der Waals surface area contributed by atoms with Crippen molar-refractivity contribution in [2.45, 2.75) is 45.6 Å². The fourth-order valence-electron chi connectivity index (χ4n) is 1.62. The minimum atomic E-state index is -0.767. The fourth-order valence-corrected chi connectivity index (χ4v) is 1.62. The molecule has 0 aromatic heterocycles. The van der Waals surface area contributed by atoms with E-state index >= 15 is 0 Å². The number of methoxy groups -OCH3 is 1. The highest BCUT2D eigenvalue weighted by Crippen LogP contribution is 2.09. The van der Waals surface area contributed by atoms with Crippen LogP contribution in [0.2, 0.25) is 0 Å². The third kappa shape index (κ3) is 10.3. The quantitative estimate of drug-likeness (QED) is 0.528. The van der Waals surface area contributed by atoms with E-state index in [1.54, 1.807) is 14.0 Å². The van der Waals surface area contributed by atoms with Crippen LogP contribution in [0.4, 0.5) is 4.79 Å². The van der Waals surface area contributed by atoms with Gasteiger partial charge in [0, 0.05) is 26.3 Å². The number of amides is 2. The molecule has 0 bridgehead atoms. The molecular formula is C13H26N2O4. The molecule has 0 aliphatic rings. The molecule has 0 aromatic carbocycles. The van der Waals surface area contributed by atoms with Gasteiger partial charge in [-0.3, -0.25) is 4.79 Å². The van der Waals surface area contributed by atoms with E-state index in [0.717, 1.165) is 19.3 Å². The Morgan fingerprint density at radius 3 is 2.47 bits per heavy atom. The first-order valence-corrected chi connectivity index (χ1v) is 6.73. The van der Waals surface area contributed by atoms with E-state index in [2.05, 4.69) is 10.6 Å². The molecule has 19 heavy (non-hydrogen) atoms. The summed E-state index contributed by atoms with van der Waals surface area (Å²) >= 11 is 0. The van der Waals surface area contributed by atoms with E-state index in [1.165, 1.54) is 0 Å². The van der Waals surface area contributed by atoms with Crippen LogP contribution in [0, 0.1) is 5.92 Å². The van der Waals surface area contributed by atoms with E-state index in [0.29, 0.717) is 19.6 Å². The van der Waals surface area contributed by atoms with E-state index < -0.39 is 5.97 Å². The molecule has 0 radical (unpaired) electrons. The lowest BCUT2D eigenvalue weighted by Crippen LogP contribution is -2.41. The van der Waals surface area contributed by atoms with Crippen LogP contribution < -0.4 is 10.6 Å². The van der Waals surface area contributed by atoms with Crippen LogP contribution in [0.1, 0.15) is 39.5 Å². The normalized spacial score (nSPS) is 13.6. The Balaban J connectivity index is 3.59. The van der Waals surface area contributed by atoms with Gasteiger partial charge in [-0.05, 0) is 26.2 Å². The van der Waals surface area contributed by atoms with Gasteiger partial charge in [-0.25, -0.2) is 4.79 Å². The lowest BCUT2D eigenvalue weighted by molar-refractivity contribution is -0.141. The molecule has 0 aromatic rings. The standard InChI is InChI=1S/C13H26N2O4/c1-10(12(16)17)6-4-7-11(2)15-13(18)14-8-5-9-19-3/h10-11H,4-9H2,1-3H3,(H,16,17)(H2,14,15,18). The van der Waals surface area contributed by atoms with Gasteiger partial charge in [0.25, 0.3) is 0 Å². The number of carbonyl (C=O) groups is 2. The first-order chi connectivity index (χ1) is 8.97. The second kappa shape index (κ2) is 10.6.